The quantitative estimate of drug-likeness (QED) is 0.381. The molecule has 0 radical (unpaired) electrons. The van der Waals surface area contributed by atoms with Crippen LogP contribution in [0.15, 0.2) is 59.7 Å². The third-order valence-corrected chi connectivity index (χ3v) is 5.53. The molecule has 5 rings (SSSR count). The van der Waals surface area contributed by atoms with E-state index in [2.05, 4.69) is 30.7 Å². The van der Waals surface area contributed by atoms with Gasteiger partial charge in [0.25, 0.3) is 5.56 Å². The van der Waals surface area contributed by atoms with Crippen molar-refractivity contribution in [2.75, 3.05) is 11.1 Å². The molecule has 0 spiro atoms. The summed E-state index contributed by atoms with van der Waals surface area (Å²) in [4.78, 5) is 28.0. The number of nitrogen functional groups attached to an aromatic ring is 1. The maximum atomic E-state index is 14.7. The molecule has 3 N–H and O–H groups in total. The van der Waals surface area contributed by atoms with E-state index in [-0.39, 0.29) is 22.5 Å². The van der Waals surface area contributed by atoms with Crippen molar-refractivity contribution in [3.63, 3.8) is 0 Å². The van der Waals surface area contributed by atoms with E-state index >= 15 is 0 Å². The van der Waals surface area contributed by atoms with Gasteiger partial charge in [-0.3, -0.25) is 9.36 Å². The van der Waals surface area contributed by atoms with Crippen molar-refractivity contribution in [2.24, 2.45) is 7.05 Å². The smallest absolute Gasteiger partial charge is 0.269 e. The van der Waals surface area contributed by atoms with Crippen LogP contribution < -0.4 is 16.6 Å². The second-order valence-electron chi connectivity index (χ2n) is 7.77. The molecule has 3 heterocycles. The van der Waals surface area contributed by atoms with Crippen molar-refractivity contribution in [3.05, 3.63) is 76.9 Å². The second kappa shape index (κ2) is 8.89. The highest BCUT2D eigenvalue weighted by Gasteiger charge is 2.24. The molecule has 2 aromatic carbocycles. The summed E-state index contributed by atoms with van der Waals surface area (Å²) < 4.78 is 16.1. The van der Waals surface area contributed by atoms with E-state index in [1.54, 1.807) is 37.4 Å². The fourth-order valence-electron chi connectivity index (χ4n) is 3.89. The van der Waals surface area contributed by atoms with E-state index in [0.717, 1.165) is 0 Å². The monoisotopic (exact) mass is 472 g/mol. The van der Waals surface area contributed by atoms with Crippen molar-refractivity contribution in [1.82, 2.24) is 39.7 Å². The van der Waals surface area contributed by atoms with Crippen molar-refractivity contribution in [1.29, 1.82) is 0 Å². The molecule has 0 saturated carbocycles. The molecule has 35 heavy (non-hydrogen) atoms. The summed E-state index contributed by atoms with van der Waals surface area (Å²) in [5.41, 5.74) is 6.82. The fraction of sp³-hybridized carbons (Fsp3) is 0.174. The van der Waals surface area contributed by atoms with E-state index in [0.29, 0.717) is 29.3 Å². The number of hydrogen-bond acceptors (Lipinski definition) is 9. The number of nitrogens with one attached hydrogen (secondary N) is 1. The second-order valence-corrected chi connectivity index (χ2v) is 7.77. The lowest BCUT2D eigenvalue weighted by Gasteiger charge is -2.23. The van der Waals surface area contributed by atoms with Gasteiger partial charge in [0, 0.05) is 0 Å². The molecule has 11 nitrogen and oxygen atoms in total. The molecule has 0 aliphatic carbocycles. The predicted molar refractivity (Wildman–Crippen MR) is 128 cm³/mol. The SMILES string of the molecule is CCC(Nc1ncnc(N)c1-c1nnn(C)n1)c1nc2cccc(F)c2c(=O)n1-c1ccccc1. The summed E-state index contributed by atoms with van der Waals surface area (Å²) in [5, 5.41) is 15.4. The normalized spacial score (nSPS) is 12.1. The summed E-state index contributed by atoms with van der Waals surface area (Å²) >= 11 is 0. The maximum absolute atomic E-state index is 14.7. The lowest BCUT2D eigenvalue weighted by atomic mass is 10.1. The number of aryl methyl sites for hydroxylation is 1. The third-order valence-electron chi connectivity index (χ3n) is 5.53. The number of para-hydroxylation sites is 1. The van der Waals surface area contributed by atoms with Crippen LogP contribution in [-0.4, -0.2) is 39.7 Å². The Morgan fingerprint density at radius 2 is 1.91 bits per heavy atom. The molecule has 12 heteroatoms. The Morgan fingerprint density at radius 1 is 1.11 bits per heavy atom. The first-order valence-corrected chi connectivity index (χ1v) is 10.9. The molecule has 5 aromatic rings. The van der Waals surface area contributed by atoms with Crippen LogP contribution >= 0.6 is 0 Å². The number of nitrogens with two attached hydrogens (primary N) is 1. The van der Waals surface area contributed by atoms with Crippen LogP contribution in [0.5, 0.6) is 0 Å². The number of benzene rings is 2. The Morgan fingerprint density at radius 3 is 2.63 bits per heavy atom. The van der Waals surface area contributed by atoms with Crippen LogP contribution in [0, 0.1) is 5.82 Å². The van der Waals surface area contributed by atoms with Gasteiger partial charge >= 0.3 is 0 Å². The Hall–Kier alpha value is -4.74. The van der Waals surface area contributed by atoms with Gasteiger partial charge in [-0.1, -0.05) is 31.2 Å². The zero-order chi connectivity index (χ0) is 24.5. The van der Waals surface area contributed by atoms with Crippen molar-refractivity contribution in [3.8, 4) is 17.1 Å². The number of rotatable bonds is 6. The van der Waals surface area contributed by atoms with E-state index in [4.69, 9.17) is 10.7 Å². The summed E-state index contributed by atoms with van der Waals surface area (Å²) in [6.07, 6.45) is 1.83. The standard InChI is InChI=1S/C23H21FN10O/c1-3-15(28-20-18(19(25)26-12-27-20)21-30-32-33(2)31-21)22-29-16-11-7-10-14(24)17(16)23(35)34(22)13-8-5-4-6-9-13/h4-12,15H,3H2,1-2H3,(H3,25,26,27,28). The number of tetrazole rings is 1. The molecule has 0 aliphatic heterocycles. The van der Waals surface area contributed by atoms with Crippen LogP contribution in [0.4, 0.5) is 16.0 Å². The lowest BCUT2D eigenvalue weighted by Crippen LogP contribution is -2.29. The average molecular weight is 472 g/mol. The minimum atomic E-state index is -0.628. The van der Waals surface area contributed by atoms with Gasteiger partial charge in [0.15, 0.2) is 0 Å². The molecule has 1 atom stereocenters. The molecule has 0 aliphatic rings. The van der Waals surface area contributed by atoms with Crippen LogP contribution in [0.25, 0.3) is 28.0 Å². The van der Waals surface area contributed by atoms with Gasteiger partial charge in [-0.05, 0) is 35.9 Å². The largest absolute Gasteiger partial charge is 0.383 e. The molecule has 0 bridgehead atoms. The van der Waals surface area contributed by atoms with Crippen LogP contribution in [0.1, 0.15) is 25.2 Å². The Kier molecular flexibility index (Phi) is 5.61. The zero-order valence-electron chi connectivity index (χ0n) is 18.9. The molecule has 1 unspecified atom stereocenters. The number of hydrogen-bond donors (Lipinski definition) is 2. The Balaban J connectivity index is 1.71. The van der Waals surface area contributed by atoms with Crippen LogP contribution in [-0.2, 0) is 7.05 Å². The van der Waals surface area contributed by atoms with Crippen molar-refractivity contribution in [2.45, 2.75) is 19.4 Å². The number of fused-ring (bicyclic) bond motifs is 1. The van der Waals surface area contributed by atoms with Gasteiger partial charge in [0.05, 0.1) is 24.3 Å². The third kappa shape index (κ3) is 3.94. The number of nitrogens with zero attached hydrogens (tertiary/aromatic N) is 8. The van der Waals surface area contributed by atoms with Crippen molar-refractivity contribution < 1.29 is 4.39 Å². The van der Waals surface area contributed by atoms with Gasteiger partial charge in [0.2, 0.25) is 5.82 Å². The number of aromatic nitrogens is 8. The molecule has 0 fully saturated rings. The summed E-state index contributed by atoms with van der Waals surface area (Å²) in [5.74, 6) is 0.524. The topological polar surface area (TPSA) is 142 Å². The summed E-state index contributed by atoms with van der Waals surface area (Å²) in [7, 11) is 1.63. The lowest BCUT2D eigenvalue weighted by molar-refractivity contribution is 0.629. The van der Waals surface area contributed by atoms with Gasteiger partial charge in [0.1, 0.15) is 40.6 Å². The molecule has 3 aromatic heterocycles. The van der Waals surface area contributed by atoms with Crippen LogP contribution in [0.2, 0.25) is 0 Å². The molecular weight excluding hydrogens is 451 g/mol. The first-order chi connectivity index (χ1) is 17.0. The van der Waals surface area contributed by atoms with Gasteiger partial charge < -0.3 is 11.1 Å². The molecule has 176 valence electrons. The highest BCUT2D eigenvalue weighted by atomic mass is 19.1. The highest BCUT2D eigenvalue weighted by molar-refractivity contribution is 5.80. The Labute approximate surface area is 198 Å². The average Bonchev–Trinajstić information content (AvgIpc) is 3.28. The summed E-state index contributed by atoms with van der Waals surface area (Å²) in [6.45, 7) is 1.93. The van der Waals surface area contributed by atoms with Gasteiger partial charge in [-0.2, -0.15) is 4.80 Å². The number of anilines is 2. The van der Waals surface area contributed by atoms with E-state index < -0.39 is 17.4 Å². The summed E-state index contributed by atoms with van der Waals surface area (Å²) in [6, 6.07) is 12.8. The minimum absolute atomic E-state index is 0.0781. The predicted octanol–water partition coefficient (Wildman–Crippen LogP) is 2.65. The van der Waals surface area contributed by atoms with E-state index in [1.165, 1.54) is 27.8 Å². The van der Waals surface area contributed by atoms with E-state index in [1.807, 2.05) is 13.0 Å². The van der Waals surface area contributed by atoms with Crippen molar-refractivity contribution >= 4 is 22.5 Å². The minimum Gasteiger partial charge on any atom is -0.383 e. The van der Waals surface area contributed by atoms with E-state index in [9.17, 15) is 9.18 Å². The van der Waals surface area contributed by atoms with Gasteiger partial charge in [-0.25, -0.2) is 19.3 Å². The first kappa shape index (κ1) is 22.1. The fourth-order valence-corrected chi connectivity index (χ4v) is 3.89. The first-order valence-electron chi connectivity index (χ1n) is 10.9. The Bertz CT molecular complexity index is 1580. The number of halogens is 1. The molecule has 0 amide bonds. The zero-order valence-corrected chi connectivity index (χ0v) is 18.9. The highest BCUT2D eigenvalue weighted by Crippen LogP contribution is 2.31. The van der Waals surface area contributed by atoms with Gasteiger partial charge in [-0.15, -0.1) is 10.2 Å². The molecule has 0 saturated heterocycles. The van der Waals surface area contributed by atoms with Crippen LogP contribution in [0.3, 0.4) is 0 Å². The maximum Gasteiger partial charge on any atom is 0.269 e. The molecular formula is C23H21FN10O.